The molecule has 33 heavy (non-hydrogen) atoms. The van der Waals surface area contributed by atoms with Gasteiger partial charge in [0.15, 0.2) is 11.5 Å². The lowest BCUT2D eigenvalue weighted by atomic mass is 9.74. The van der Waals surface area contributed by atoms with Crippen LogP contribution >= 0.6 is 0 Å². The molecule has 9 heteroatoms. The Morgan fingerprint density at radius 1 is 1.06 bits per heavy atom. The van der Waals surface area contributed by atoms with Gasteiger partial charge in [0.2, 0.25) is 6.79 Å². The van der Waals surface area contributed by atoms with Crippen molar-refractivity contribution in [1.29, 1.82) is 0 Å². The van der Waals surface area contributed by atoms with Crippen molar-refractivity contribution in [1.82, 2.24) is 5.32 Å². The Bertz CT molecular complexity index is 1060. The van der Waals surface area contributed by atoms with E-state index in [9.17, 15) is 14.9 Å². The van der Waals surface area contributed by atoms with E-state index in [2.05, 4.69) is 10.2 Å². The van der Waals surface area contributed by atoms with E-state index in [-0.39, 0.29) is 23.8 Å². The van der Waals surface area contributed by atoms with Gasteiger partial charge >= 0.3 is 0 Å². The molecule has 3 heterocycles. The highest BCUT2D eigenvalue weighted by atomic mass is 16.7. The Hall–Kier alpha value is -3.33. The van der Waals surface area contributed by atoms with Crippen LogP contribution < -0.4 is 19.7 Å². The molecule has 2 fully saturated rings. The topological polar surface area (TPSA) is 103 Å². The summed E-state index contributed by atoms with van der Waals surface area (Å²) in [6.45, 7) is 3.49. The maximum Gasteiger partial charge on any atom is 0.270 e. The lowest BCUT2D eigenvalue weighted by Crippen LogP contribution is -2.44. The standard InChI is InChI=1S/C24H27N3O6/c28-23(19-14-18(27(29)30)4-5-20(19)26-9-1-2-10-26)25-15-24(7-11-31-12-8-24)17-3-6-21-22(13-17)33-16-32-21/h3-6,13-14H,1-2,7-12,15-16H2,(H,25,28). The zero-order valence-corrected chi connectivity index (χ0v) is 18.4. The molecule has 3 aliphatic heterocycles. The van der Waals surface area contributed by atoms with E-state index >= 15 is 0 Å². The molecule has 3 aliphatic rings. The molecule has 174 valence electrons. The summed E-state index contributed by atoms with van der Waals surface area (Å²) in [5, 5.41) is 14.5. The summed E-state index contributed by atoms with van der Waals surface area (Å²) < 4.78 is 16.6. The quantitative estimate of drug-likeness (QED) is 0.528. The molecular weight excluding hydrogens is 426 g/mol. The third-order valence-electron chi connectivity index (χ3n) is 6.90. The minimum absolute atomic E-state index is 0.0837. The summed E-state index contributed by atoms with van der Waals surface area (Å²) in [5.74, 6) is 1.13. The third-order valence-corrected chi connectivity index (χ3v) is 6.90. The first-order chi connectivity index (χ1) is 16.1. The highest BCUT2D eigenvalue weighted by Gasteiger charge is 2.36. The predicted octanol–water partition coefficient (Wildman–Crippen LogP) is 3.40. The molecule has 0 aliphatic carbocycles. The van der Waals surface area contributed by atoms with E-state index in [0.29, 0.717) is 31.1 Å². The Balaban J connectivity index is 1.41. The largest absolute Gasteiger partial charge is 0.454 e. The number of carbonyl (C=O) groups excluding carboxylic acids is 1. The van der Waals surface area contributed by atoms with Gasteiger partial charge in [0.1, 0.15) is 0 Å². The first kappa shape index (κ1) is 21.5. The molecule has 1 N–H and O–H groups in total. The molecule has 0 aromatic heterocycles. The maximum atomic E-state index is 13.4. The molecule has 0 radical (unpaired) electrons. The summed E-state index contributed by atoms with van der Waals surface area (Å²) >= 11 is 0. The van der Waals surface area contributed by atoms with Crippen LogP contribution in [-0.2, 0) is 10.2 Å². The predicted molar refractivity (Wildman–Crippen MR) is 121 cm³/mol. The molecule has 2 saturated heterocycles. The molecule has 0 atom stereocenters. The van der Waals surface area contributed by atoms with Crippen LogP contribution in [0.3, 0.4) is 0 Å². The zero-order valence-electron chi connectivity index (χ0n) is 18.4. The molecule has 0 unspecified atom stereocenters. The maximum absolute atomic E-state index is 13.4. The van der Waals surface area contributed by atoms with Gasteiger partial charge in [0.05, 0.1) is 16.2 Å². The number of nitrogens with one attached hydrogen (secondary N) is 1. The van der Waals surface area contributed by atoms with E-state index in [1.807, 2.05) is 18.2 Å². The summed E-state index contributed by atoms with van der Waals surface area (Å²) in [5.41, 5.74) is 1.76. The fraction of sp³-hybridized carbons (Fsp3) is 0.458. The minimum Gasteiger partial charge on any atom is -0.454 e. The number of hydrogen-bond donors (Lipinski definition) is 1. The van der Waals surface area contributed by atoms with Gasteiger partial charge in [0, 0.05) is 50.4 Å². The van der Waals surface area contributed by atoms with E-state index in [1.165, 1.54) is 12.1 Å². The third kappa shape index (κ3) is 4.20. The number of anilines is 1. The summed E-state index contributed by atoms with van der Waals surface area (Å²) in [6.07, 6.45) is 3.60. The second kappa shape index (κ2) is 8.90. The highest BCUT2D eigenvalue weighted by Crippen LogP contribution is 2.40. The normalized spacial score (nSPS) is 18.8. The Labute approximate surface area is 191 Å². The van der Waals surface area contributed by atoms with Crippen LogP contribution in [-0.4, -0.2) is 50.5 Å². The van der Waals surface area contributed by atoms with Crippen LogP contribution in [0, 0.1) is 10.1 Å². The average Bonchev–Trinajstić information content (AvgIpc) is 3.54. The van der Waals surface area contributed by atoms with Gasteiger partial charge < -0.3 is 24.4 Å². The van der Waals surface area contributed by atoms with Crippen molar-refractivity contribution < 1.29 is 23.9 Å². The van der Waals surface area contributed by atoms with E-state index in [4.69, 9.17) is 14.2 Å². The smallest absolute Gasteiger partial charge is 0.270 e. The van der Waals surface area contributed by atoms with Crippen molar-refractivity contribution in [2.45, 2.75) is 31.1 Å². The van der Waals surface area contributed by atoms with E-state index in [1.54, 1.807) is 6.07 Å². The Kier molecular flexibility index (Phi) is 5.80. The number of carbonyl (C=O) groups is 1. The number of ether oxygens (including phenoxy) is 3. The first-order valence-electron chi connectivity index (χ1n) is 11.4. The molecule has 0 spiro atoms. The lowest BCUT2D eigenvalue weighted by molar-refractivity contribution is -0.384. The van der Waals surface area contributed by atoms with Gasteiger partial charge in [-0.15, -0.1) is 0 Å². The van der Waals surface area contributed by atoms with Crippen molar-refractivity contribution in [3.8, 4) is 11.5 Å². The summed E-state index contributed by atoms with van der Waals surface area (Å²) in [6, 6.07) is 10.5. The van der Waals surface area contributed by atoms with Crippen molar-refractivity contribution in [3.63, 3.8) is 0 Å². The van der Waals surface area contributed by atoms with Crippen molar-refractivity contribution in [3.05, 3.63) is 57.6 Å². The number of nitro groups is 1. The van der Waals surface area contributed by atoms with Crippen molar-refractivity contribution >= 4 is 17.3 Å². The molecule has 2 aromatic carbocycles. The molecule has 1 amide bonds. The fourth-order valence-electron chi connectivity index (χ4n) is 4.95. The van der Waals surface area contributed by atoms with Crippen LogP contribution in [0.25, 0.3) is 0 Å². The van der Waals surface area contributed by atoms with Gasteiger partial charge in [-0.3, -0.25) is 14.9 Å². The average molecular weight is 453 g/mol. The van der Waals surface area contributed by atoms with Crippen LogP contribution in [0.5, 0.6) is 11.5 Å². The molecular formula is C24H27N3O6. The highest BCUT2D eigenvalue weighted by molar-refractivity contribution is 6.00. The van der Waals surface area contributed by atoms with Crippen LogP contribution in [0.2, 0.25) is 0 Å². The molecule has 5 rings (SSSR count). The Morgan fingerprint density at radius 3 is 2.58 bits per heavy atom. The lowest BCUT2D eigenvalue weighted by Gasteiger charge is -2.38. The summed E-state index contributed by atoms with van der Waals surface area (Å²) in [4.78, 5) is 26.4. The Morgan fingerprint density at radius 2 is 1.82 bits per heavy atom. The van der Waals surface area contributed by atoms with Gasteiger partial charge in [0.25, 0.3) is 11.6 Å². The first-order valence-corrected chi connectivity index (χ1v) is 11.4. The number of nitrogens with zero attached hydrogens (tertiary/aromatic N) is 2. The number of hydrogen-bond acceptors (Lipinski definition) is 7. The molecule has 0 bridgehead atoms. The van der Waals surface area contributed by atoms with Crippen molar-refractivity contribution in [2.24, 2.45) is 0 Å². The molecule has 2 aromatic rings. The van der Waals surface area contributed by atoms with Crippen molar-refractivity contribution in [2.75, 3.05) is 44.5 Å². The zero-order chi connectivity index (χ0) is 22.8. The number of nitro benzene ring substituents is 1. The van der Waals surface area contributed by atoms with Crippen LogP contribution in [0.15, 0.2) is 36.4 Å². The number of fused-ring (bicyclic) bond motifs is 1. The second-order valence-corrected chi connectivity index (χ2v) is 8.80. The van der Waals surface area contributed by atoms with Gasteiger partial charge in [-0.25, -0.2) is 0 Å². The number of rotatable bonds is 6. The molecule has 9 nitrogen and oxygen atoms in total. The fourth-order valence-corrected chi connectivity index (χ4v) is 4.95. The number of benzene rings is 2. The second-order valence-electron chi connectivity index (χ2n) is 8.80. The van der Waals surface area contributed by atoms with E-state index < -0.39 is 4.92 Å². The summed E-state index contributed by atoms with van der Waals surface area (Å²) in [7, 11) is 0. The number of non-ortho nitro benzene ring substituents is 1. The van der Waals surface area contributed by atoms with Crippen LogP contribution in [0.1, 0.15) is 41.6 Å². The molecule has 0 saturated carbocycles. The van der Waals surface area contributed by atoms with Gasteiger partial charge in [-0.2, -0.15) is 0 Å². The number of amides is 1. The van der Waals surface area contributed by atoms with Gasteiger partial charge in [-0.05, 0) is 49.4 Å². The minimum atomic E-state index is -0.461. The van der Waals surface area contributed by atoms with E-state index in [0.717, 1.165) is 55.8 Å². The van der Waals surface area contributed by atoms with Crippen LogP contribution in [0.4, 0.5) is 11.4 Å². The van der Waals surface area contributed by atoms with Gasteiger partial charge in [-0.1, -0.05) is 6.07 Å². The monoisotopic (exact) mass is 453 g/mol. The SMILES string of the molecule is O=C(NCC1(c2ccc3c(c2)OCO3)CCOCC1)c1cc([N+](=O)[O-])ccc1N1CCCC1.